The first-order valence-corrected chi connectivity index (χ1v) is 10.4. The number of aliphatic hydroxyl groups is 1. The van der Waals surface area contributed by atoms with Crippen LogP contribution >= 0.6 is 0 Å². The number of urea groups is 1. The van der Waals surface area contributed by atoms with Crippen molar-refractivity contribution in [2.24, 2.45) is 0 Å². The number of nitrogens with one attached hydrogen (secondary N) is 1. The molecule has 7 heteroatoms. The number of carbonyl (C=O) groups excluding carboxylic acids is 1. The molecule has 3 rings (SSSR count). The average molecular weight is 413 g/mol. The van der Waals surface area contributed by atoms with Crippen LogP contribution in [0.4, 0.5) is 21.9 Å². The fourth-order valence-corrected chi connectivity index (χ4v) is 3.63. The molecule has 1 saturated heterocycles. The quantitative estimate of drug-likeness (QED) is 0.732. The van der Waals surface area contributed by atoms with Crippen LogP contribution in [0.5, 0.6) is 5.75 Å². The summed E-state index contributed by atoms with van der Waals surface area (Å²) in [6, 6.07) is 16.0. The summed E-state index contributed by atoms with van der Waals surface area (Å²) in [6.45, 7) is 7.77. The number of piperazine rings is 1. The molecule has 0 aliphatic carbocycles. The van der Waals surface area contributed by atoms with Crippen molar-refractivity contribution < 1.29 is 14.6 Å². The molecule has 2 amide bonds. The molecule has 2 aromatic carbocycles. The van der Waals surface area contributed by atoms with Crippen LogP contribution in [0.1, 0.15) is 13.8 Å². The first kappa shape index (κ1) is 21.8. The molecule has 0 aromatic heterocycles. The van der Waals surface area contributed by atoms with Gasteiger partial charge in [-0.15, -0.1) is 0 Å². The van der Waals surface area contributed by atoms with E-state index < -0.39 is 0 Å². The van der Waals surface area contributed by atoms with Crippen molar-refractivity contribution >= 4 is 23.1 Å². The van der Waals surface area contributed by atoms with Crippen LogP contribution < -0.4 is 24.8 Å². The number of amides is 2. The van der Waals surface area contributed by atoms with Crippen LogP contribution in [0.15, 0.2) is 48.5 Å². The predicted octanol–water partition coefficient (Wildman–Crippen LogP) is 2.94. The van der Waals surface area contributed by atoms with Gasteiger partial charge in [-0.3, -0.25) is 4.90 Å². The molecule has 2 N–H and O–H groups in total. The Hall–Kier alpha value is -2.93. The molecule has 7 nitrogen and oxygen atoms in total. The van der Waals surface area contributed by atoms with Crippen molar-refractivity contribution in [1.29, 1.82) is 0 Å². The number of aliphatic hydroxyl groups excluding tert-OH is 1. The van der Waals surface area contributed by atoms with Crippen molar-refractivity contribution in [3.8, 4) is 5.75 Å². The Morgan fingerprint density at radius 2 is 1.50 bits per heavy atom. The number of methoxy groups -OCH3 is 1. The van der Waals surface area contributed by atoms with Gasteiger partial charge in [-0.05, 0) is 62.4 Å². The second kappa shape index (κ2) is 10.2. The van der Waals surface area contributed by atoms with E-state index in [1.807, 2.05) is 50.2 Å². The van der Waals surface area contributed by atoms with E-state index in [0.717, 1.165) is 43.3 Å². The van der Waals surface area contributed by atoms with Gasteiger partial charge < -0.3 is 25.0 Å². The highest BCUT2D eigenvalue weighted by Crippen LogP contribution is 2.25. The highest BCUT2D eigenvalue weighted by molar-refractivity contribution is 5.92. The zero-order valence-electron chi connectivity index (χ0n) is 18.0. The van der Waals surface area contributed by atoms with Gasteiger partial charge in [-0.25, -0.2) is 4.79 Å². The van der Waals surface area contributed by atoms with E-state index in [-0.39, 0.29) is 25.2 Å². The zero-order valence-corrected chi connectivity index (χ0v) is 18.0. The van der Waals surface area contributed by atoms with Gasteiger partial charge in [-0.2, -0.15) is 0 Å². The topological polar surface area (TPSA) is 68.3 Å². The van der Waals surface area contributed by atoms with Crippen molar-refractivity contribution in [2.75, 3.05) is 61.1 Å². The number of ether oxygens (including phenoxy) is 1. The molecule has 0 radical (unpaired) electrons. The largest absolute Gasteiger partial charge is 0.497 e. The normalized spacial score (nSPS) is 14.0. The van der Waals surface area contributed by atoms with Gasteiger partial charge in [-0.1, -0.05) is 0 Å². The summed E-state index contributed by atoms with van der Waals surface area (Å²) < 4.78 is 5.24. The van der Waals surface area contributed by atoms with E-state index in [0.29, 0.717) is 0 Å². The molecule has 0 saturated carbocycles. The Balaban J connectivity index is 1.61. The van der Waals surface area contributed by atoms with E-state index in [2.05, 4.69) is 27.2 Å². The van der Waals surface area contributed by atoms with Crippen LogP contribution in [0.3, 0.4) is 0 Å². The highest BCUT2D eigenvalue weighted by Gasteiger charge is 2.19. The maximum absolute atomic E-state index is 12.4. The molecule has 1 aliphatic heterocycles. The van der Waals surface area contributed by atoms with Gasteiger partial charge in [0.25, 0.3) is 0 Å². The van der Waals surface area contributed by atoms with E-state index in [4.69, 9.17) is 4.74 Å². The third kappa shape index (κ3) is 5.36. The Morgan fingerprint density at radius 3 is 1.93 bits per heavy atom. The molecule has 0 spiro atoms. The summed E-state index contributed by atoms with van der Waals surface area (Å²) in [5, 5.41) is 12.2. The second-order valence-electron chi connectivity index (χ2n) is 7.67. The number of benzene rings is 2. The van der Waals surface area contributed by atoms with Crippen LogP contribution in [-0.4, -0.2) is 63.6 Å². The fraction of sp³-hybridized carbons (Fsp3) is 0.435. The molecule has 2 aromatic rings. The maximum atomic E-state index is 12.4. The summed E-state index contributed by atoms with van der Waals surface area (Å²) in [5.74, 6) is 0.870. The summed E-state index contributed by atoms with van der Waals surface area (Å²) in [7, 11) is 1.68. The van der Waals surface area contributed by atoms with Gasteiger partial charge in [0.15, 0.2) is 0 Å². The van der Waals surface area contributed by atoms with E-state index in [1.54, 1.807) is 12.0 Å². The highest BCUT2D eigenvalue weighted by atomic mass is 16.5. The van der Waals surface area contributed by atoms with Crippen LogP contribution in [-0.2, 0) is 0 Å². The summed E-state index contributed by atoms with van der Waals surface area (Å²) in [6.07, 6.45) is 0. The lowest BCUT2D eigenvalue weighted by molar-refractivity contribution is 0.239. The molecular weight excluding hydrogens is 380 g/mol. The van der Waals surface area contributed by atoms with Crippen LogP contribution in [0.2, 0.25) is 0 Å². The van der Waals surface area contributed by atoms with Gasteiger partial charge in [0.2, 0.25) is 0 Å². The minimum atomic E-state index is -0.195. The second-order valence-corrected chi connectivity index (χ2v) is 7.67. The molecule has 30 heavy (non-hydrogen) atoms. The van der Waals surface area contributed by atoms with E-state index in [9.17, 15) is 9.90 Å². The molecule has 1 fully saturated rings. The third-order valence-electron chi connectivity index (χ3n) is 5.22. The van der Waals surface area contributed by atoms with Crippen molar-refractivity contribution in [2.45, 2.75) is 19.9 Å². The number of anilines is 3. The van der Waals surface area contributed by atoms with Gasteiger partial charge in [0, 0.05) is 49.3 Å². The number of hydrogen-bond donors (Lipinski definition) is 2. The minimum Gasteiger partial charge on any atom is -0.497 e. The van der Waals surface area contributed by atoms with Crippen molar-refractivity contribution in [3.63, 3.8) is 0 Å². The average Bonchev–Trinajstić information content (AvgIpc) is 2.77. The van der Waals surface area contributed by atoms with Crippen molar-refractivity contribution in [3.05, 3.63) is 48.5 Å². The fourth-order valence-electron chi connectivity index (χ4n) is 3.63. The van der Waals surface area contributed by atoms with Crippen LogP contribution in [0.25, 0.3) is 0 Å². The van der Waals surface area contributed by atoms with Gasteiger partial charge >= 0.3 is 6.03 Å². The van der Waals surface area contributed by atoms with E-state index >= 15 is 0 Å². The lowest BCUT2D eigenvalue weighted by atomic mass is 10.2. The number of hydrogen-bond acceptors (Lipinski definition) is 5. The van der Waals surface area contributed by atoms with E-state index in [1.165, 1.54) is 5.69 Å². The maximum Gasteiger partial charge on any atom is 0.322 e. The molecule has 162 valence electrons. The summed E-state index contributed by atoms with van der Waals surface area (Å²) in [5.41, 5.74) is 3.13. The summed E-state index contributed by atoms with van der Waals surface area (Å²) >= 11 is 0. The molecule has 0 unspecified atom stereocenters. The predicted molar refractivity (Wildman–Crippen MR) is 122 cm³/mol. The standard InChI is InChI=1S/C23H32N4O3/c1-18(2)24-23(29)27(16-17-28)21-6-4-19(5-7-21)25-12-14-26(15-13-25)20-8-10-22(30-3)11-9-20/h4-11,18,28H,12-17H2,1-3H3,(H,24,29). The SMILES string of the molecule is COc1ccc(N2CCN(c3ccc(N(CCO)C(=O)NC(C)C)cc3)CC2)cc1. The Kier molecular flexibility index (Phi) is 7.41. The number of nitrogens with zero attached hydrogens (tertiary/aromatic N) is 3. The lowest BCUT2D eigenvalue weighted by Crippen LogP contribution is -2.46. The zero-order chi connectivity index (χ0) is 21.5. The molecule has 1 heterocycles. The first-order chi connectivity index (χ1) is 14.5. The minimum absolute atomic E-state index is 0.0416. The van der Waals surface area contributed by atoms with Crippen molar-refractivity contribution in [1.82, 2.24) is 5.32 Å². The molecule has 1 aliphatic rings. The first-order valence-electron chi connectivity index (χ1n) is 10.4. The number of carbonyl (C=O) groups is 1. The molecule has 0 bridgehead atoms. The Labute approximate surface area is 178 Å². The number of rotatable bonds is 7. The molecule has 0 atom stereocenters. The van der Waals surface area contributed by atoms with Crippen LogP contribution in [0, 0.1) is 0 Å². The Bertz CT molecular complexity index is 800. The molecular formula is C23H32N4O3. The lowest BCUT2D eigenvalue weighted by Gasteiger charge is -2.37. The summed E-state index contributed by atoms with van der Waals surface area (Å²) in [4.78, 5) is 18.7. The van der Waals surface area contributed by atoms with Gasteiger partial charge in [0.05, 0.1) is 20.3 Å². The monoisotopic (exact) mass is 412 g/mol. The third-order valence-corrected chi connectivity index (χ3v) is 5.22. The Morgan fingerprint density at radius 1 is 1.00 bits per heavy atom. The smallest absolute Gasteiger partial charge is 0.322 e. The van der Waals surface area contributed by atoms with Gasteiger partial charge in [0.1, 0.15) is 5.75 Å².